The largest absolute Gasteiger partial charge is 0.457 e. The van der Waals surface area contributed by atoms with Crippen LogP contribution in [0.1, 0.15) is 45.8 Å². The zero-order valence-electron chi connectivity index (χ0n) is 18.3. The Kier molecular flexibility index (Phi) is 6.96. The minimum atomic E-state index is -1.02. The molecule has 0 radical (unpaired) electrons. The SMILES string of the molecule is CCC(C)O/N=C/C1[C@@H](C(=O)OC(C#N)c2cccc(Oc3ccccc3)c2)C1(C)C. The van der Waals surface area contributed by atoms with Gasteiger partial charge in [0, 0.05) is 17.7 Å². The molecule has 1 aliphatic carbocycles. The molecule has 0 aromatic heterocycles. The fraction of sp³-hybridized carbons (Fsp3) is 0.400. The second kappa shape index (κ2) is 9.65. The van der Waals surface area contributed by atoms with Gasteiger partial charge in [0.25, 0.3) is 0 Å². The van der Waals surface area contributed by atoms with Gasteiger partial charge < -0.3 is 14.3 Å². The van der Waals surface area contributed by atoms with Gasteiger partial charge in [-0.2, -0.15) is 5.26 Å². The van der Waals surface area contributed by atoms with E-state index < -0.39 is 12.1 Å². The number of rotatable bonds is 9. The maximum Gasteiger partial charge on any atom is 0.311 e. The molecular formula is C25H28N2O4. The molecule has 1 saturated carbocycles. The van der Waals surface area contributed by atoms with E-state index in [0.717, 1.165) is 6.42 Å². The number of nitrogens with zero attached hydrogens (tertiary/aromatic N) is 2. The van der Waals surface area contributed by atoms with Gasteiger partial charge in [0.1, 0.15) is 23.7 Å². The lowest BCUT2D eigenvalue weighted by atomic mass is 10.1. The van der Waals surface area contributed by atoms with Gasteiger partial charge >= 0.3 is 5.97 Å². The highest BCUT2D eigenvalue weighted by atomic mass is 16.6. The molecule has 6 heteroatoms. The van der Waals surface area contributed by atoms with Crippen molar-refractivity contribution in [2.75, 3.05) is 0 Å². The fourth-order valence-electron chi connectivity index (χ4n) is 3.41. The van der Waals surface area contributed by atoms with E-state index in [2.05, 4.69) is 11.2 Å². The van der Waals surface area contributed by atoms with Gasteiger partial charge in [-0.15, -0.1) is 0 Å². The summed E-state index contributed by atoms with van der Waals surface area (Å²) in [6.07, 6.45) is 1.54. The topological polar surface area (TPSA) is 80.9 Å². The number of oxime groups is 1. The van der Waals surface area contributed by atoms with Crippen LogP contribution in [0, 0.1) is 28.6 Å². The van der Waals surface area contributed by atoms with Crippen LogP contribution < -0.4 is 4.74 Å². The van der Waals surface area contributed by atoms with Gasteiger partial charge in [0.2, 0.25) is 6.10 Å². The van der Waals surface area contributed by atoms with Crippen LogP contribution in [0.15, 0.2) is 59.8 Å². The number of carbonyl (C=O) groups is 1. The summed E-state index contributed by atoms with van der Waals surface area (Å²) >= 11 is 0. The van der Waals surface area contributed by atoms with Crippen molar-refractivity contribution < 1.29 is 19.1 Å². The highest BCUT2D eigenvalue weighted by Gasteiger charge is 2.62. The maximum absolute atomic E-state index is 12.8. The number of nitriles is 1. The van der Waals surface area contributed by atoms with Gasteiger partial charge in [-0.25, -0.2) is 0 Å². The predicted molar refractivity (Wildman–Crippen MR) is 117 cm³/mol. The number of carbonyl (C=O) groups excluding carboxylic acids is 1. The first-order chi connectivity index (χ1) is 14.9. The van der Waals surface area contributed by atoms with E-state index in [1.165, 1.54) is 0 Å². The monoisotopic (exact) mass is 420 g/mol. The van der Waals surface area contributed by atoms with E-state index in [0.29, 0.717) is 17.1 Å². The van der Waals surface area contributed by atoms with Crippen LogP contribution in [-0.4, -0.2) is 18.3 Å². The lowest BCUT2D eigenvalue weighted by Gasteiger charge is -2.13. The van der Waals surface area contributed by atoms with Crippen LogP contribution >= 0.6 is 0 Å². The molecule has 0 aliphatic heterocycles. The third-order valence-electron chi connectivity index (χ3n) is 5.69. The summed E-state index contributed by atoms with van der Waals surface area (Å²) < 4.78 is 11.4. The molecule has 0 bridgehead atoms. The van der Waals surface area contributed by atoms with Crippen LogP contribution in [0.4, 0.5) is 0 Å². The molecule has 0 heterocycles. The number of esters is 1. The summed E-state index contributed by atoms with van der Waals surface area (Å²) in [7, 11) is 0. The van der Waals surface area contributed by atoms with Crippen LogP contribution in [0.5, 0.6) is 11.5 Å². The van der Waals surface area contributed by atoms with Crippen molar-refractivity contribution in [2.24, 2.45) is 22.4 Å². The standard InChI is InChI=1S/C25H28N2O4/c1-5-17(2)31-27-16-21-23(25(21,3)4)24(28)30-22(15-26)18-10-9-13-20(14-18)29-19-11-7-6-8-12-19/h6-14,16-17,21-23H,5H2,1-4H3/b27-16+/t17?,21?,22?,23-/m0/s1. The Morgan fingerprint density at radius 2 is 1.90 bits per heavy atom. The summed E-state index contributed by atoms with van der Waals surface area (Å²) in [4.78, 5) is 18.1. The summed E-state index contributed by atoms with van der Waals surface area (Å²) in [5.41, 5.74) is 0.269. The van der Waals surface area contributed by atoms with E-state index in [1.807, 2.05) is 58.0 Å². The highest BCUT2D eigenvalue weighted by molar-refractivity contribution is 5.85. The number of para-hydroxylation sites is 1. The van der Waals surface area contributed by atoms with E-state index in [1.54, 1.807) is 30.5 Å². The molecule has 0 N–H and O–H groups in total. The van der Waals surface area contributed by atoms with E-state index in [-0.39, 0.29) is 23.4 Å². The molecule has 3 unspecified atom stereocenters. The number of hydrogen-bond acceptors (Lipinski definition) is 6. The average Bonchev–Trinajstić information content (AvgIpc) is 3.32. The van der Waals surface area contributed by atoms with Crippen molar-refractivity contribution >= 4 is 12.2 Å². The minimum Gasteiger partial charge on any atom is -0.457 e. The van der Waals surface area contributed by atoms with Crippen LogP contribution in [0.2, 0.25) is 0 Å². The van der Waals surface area contributed by atoms with Crippen LogP contribution in [-0.2, 0) is 14.4 Å². The Labute approximate surface area is 183 Å². The first kappa shape index (κ1) is 22.4. The van der Waals surface area contributed by atoms with Crippen molar-refractivity contribution in [3.05, 3.63) is 60.2 Å². The number of benzene rings is 2. The third kappa shape index (κ3) is 5.43. The summed E-state index contributed by atoms with van der Waals surface area (Å²) in [6.45, 7) is 7.92. The summed E-state index contributed by atoms with van der Waals surface area (Å²) in [5, 5.41) is 13.6. The van der Waals surface area contributed by atoms with E-state index >= 15 is 0 Å². The van der Waals surface area contributed by atoms with Gasteiger partial charge in [-0.1, -0.05) is 56.3 Å². The Bertz CT molecular complexity index is 965. The quantitative estimate of drug-likeness (QED) is 0.297. The lowest BCUT2D eigenvalue weighted by molar-refractivity contribution is -0.149. The minimum absolute atomic E-state index is 0.0249. The third-order valence-corrected chi connectivity index (χ3v) is 5.69. The molecule has 162 valence electrons. The van der Waals surface area contributed by atoms with Crippen molar-refractivity contribution in [3.8, 4) is 17.6 Å². The van der Waals surface area contributed by atoms with E-state index in [4.69, 9.17) is 14.3 Å². The molecule has 31 heavy (non-hydrogen) atoms. The lowest BCUT2D eigenvalue weighted by Crippen LogP contribution is -2.14. The summed E-state index contributed by atoms with van der Waals surface area (Å²) in [5.74, 6) is 0.393. The zero-order chi connectivity index (χ0) is 22.4. The fourth-order valence-corrected chi connectivity index (χ4v) is 3.41. The van der Waals surface area contributed by atoms with Crippen molar-refractivity contribution in [1.82, 2.24) is 0 Å². The van der Waals surface area contributed by atoms with Crippen molar-refractivity contribution in [3.63, 3.8) is 0 Å². The Morgan fingerprint density at radius 1 is 1.19 bits per heavy atom. The van der Waals surface area contributed by atoms with Gasteiger partial charge in [0.15, 0.2) is 0 Å². The molecule has 6 nitrogen and oxygen atoms in total. The molecule has 1 aliphatic rings. The number of hydrogen-bond donors (Lipinski definition) is 0. The molecule has 0 amide bonds. The van der Waals surface area contributed by atoms with Crippen molar-refractivity contribution in [2.45, 2.75) is 46.3 Å². The molecule has 0 saturated heterocycles. The van der Waals surface area contributed by atoms with Gasteiger partial charge in [-0.05, 0) is 43.0 Å². The van der Waals surface area contributed by atoms with Gasteiger partial charge in [0.05, 0.1) is 5.92 Å². The van der Waals surface area contributed by atoms with Crippen LogP contribution in [0.25, 0.3) is 0 Å². The first-order valence-electron chi connectivity index (χ1n) is 10.5. The molecule has 3 rings (SSSR count). The highest BCUT2D eigenvalue weighted by Crippen LogP contribution is 2.58. The molecule has 0 spiro atoms. The normalized spacial score (nSPS) is 21.0. The Balaban J connectivity index is 1.65. The Hall–Kier alpha value is -3.33. The second-order valence-electron chi connectivity index (χ2n) is 8.34. The first-order valence-corrected chi connectivity index (χ1v) is 10.5. The van der Waals surface area contributed by atoms with E-state index in [9.17, 15) is 10.1 Å². The molecule has 1 fully saturated rings. The summed E-state index contributed by atoms with van der Waals surface area (Å²) in [6, 6.07) is 18.4. The Morgan fingerprint density at radius 3 is 2.58 bits per heavy atom. The average molecular weight is 421 g/mol. The zero-order valence-corrected chi connectivity index (χ0v) is 18.3. The maximum atomic E-state index is 12.8. The molecular weight excluding hydrogens is 392 g/mol. The predicted octanol–water partition coefficient (Wildman–Crippen LogP) is 5.66. The molecule has 4 atom stereocenters. The van der Waals surface area contributed by atoms with Crippen molar-refractivity contribution in [1.29, 1.82) is 5.26 Å². The van der Waals surface area contributed by atoms with Gasteiger partial charge in [-0.3, -0.25) is 4.79 Å². The molecule has 2 aromatic carbocycles. The second-order valence-corrected chi connectivity index (χ2v) is 8.34. The number of ether oxygens (including phenoxy) is 2. The smallest absolute Gasteiger partial charge is 0.311 e. The molecule has 2 aromatic rings. The van der Waals surface area contributed by atoms with Crippen LogP contribution in [0.3, 0.4) is 0 Å².